The third-order valence-electron chi connectivity index (χ3n) is 3.53. The Labute approximate surface area is 130 Å². The summed E-state index contributed by atoms with van der Waals surface area (Å²) in [5, 5.41) is 15.6. The largest absolute Gasteiger partial charge is 0.511 e. The summed E-state index contributed by atoms with van der Waals surface area (Å²) in [6.45, 7) is 5.33. The van der Waals surface area contributed by atoms with Gasteiger partial charge in [0, 0.05) is 19.4 Å². The smallest absolute Gasteiger partial charge is 0.430 e. The molecule has 122 valence electrons. The van der Waals surface area contributed by atoms with Crippen molar-refractivity contribution in [2.75, 3.05) is 7.05 Å². The van der Waals surface area contributed by atoms with Crippen LogP contribution in [0, 0.1) is 5.92 Å². The summed E-state index contributed by atoms with van der Waals surface area (Å²) < 4.78 is 5.24. The van der Waals surface area contributed by atoms with Gasteiger partial charge in [0.25, 0.3) is 0 Å². The van der Waals surface area contributed by atoms with E-state index in [0.29, 0.717) is 30.5 Å². The topological polar surface area (TPSA) is 79.2 Å². The Kier molecular flexibility index (Phi) is 4.58. The summed E-state index contributed by atoms with van der Waals surface area (Å²) in [7, 11) is 1.49. The van der Waals surface area contributed by atoms with E-state index in [9.17, 15) is 14.7 Å². The van der Waals surface area contributed by atoms with E-state index in [1.54, 1.807) is 20.8 Å². The van der Waals surface area contributed by atoms with Crippen molar-refractivity contribution in [3.05, 3.63) is 11.3 Å². The normalized spacial score (nSPS) is 23.5. The number of aliphatic hydroxyl groups is 1. The number of hydrogen-bond acceptors (Lipinski definition) is 5. The molecule has 0 saturated heterocycles. The third-order valence-corrected chi connectivity index (χ3v) is 3.53. The highest BCUT2D eigenvalue weighted by Gasteiger charge is 2.34. The minimum atomic E-state index is -0.608. The van der Waals surface area contributed by atoms with Crippen LogP contribution in [0.25, 0.3) is 0 Å². The Morgan fingerprint density at radius 3 is 2.50 bits per heavy atom. The summed E-state index contributed by atoms with van der Waals surface area (Å²) in [6.07, 6.45) is 2.90. The molecule has 0 unspecified atom stereocenters. The molecule has 0 heterocycles. The molecule has 0 aromatic rings. The number of Topliss-reactive ketones (excluding diaryl/α,β-unsaturated/α-hetero) is 1. The van der Waals surface area contributed by atoms with Gasteiger partial charge in [-0.1, -0.05) is 0 Å². The van der Waals surface area contributed by atoms with E-state index in [0.717, 1.165) is 17.9 Å². The molecule has 0 bridgehead atoms. The van der Waals surface area contributed by atoms with Crippen molar-refractivity contribution in [1.29, 1.82) is 0 Å². The van der Waals surface area contributed by atoms with Gasteiger partial charge in [-0.3, -0.25) is 4.79 Å². The van der Waals surface area contributed by atoms with Crippen molar-refractivity contribution >= 4 is 17.6 Å². The van der Waals surface area contributed by atoms with Crippen LogP contribution in [0.1, 0.15) is 52.9 Å². The van der Waals surface area contributed by atoms with Crippen LogP contribution in [0.4, 0.5) is 4.79 Å². The van der Waals surface area contributed by atoms with Gasteiger partial charge in [-0.25, -0.2) is 9.80 Å². The molecule has 0 spiro atoms. The molecular weight excluding hydrogens is 284 g/mol. The number of carbonyl (C=O) groups is 2. The third kappa shape index (κ3) is 4.08. The molecule has 6 heteroatoms. The van der Waals surface area contributed by atoms with Crippen LogP contribution in [-0.4, -0.2) is 40.4 Å². The predicted molar refractivity (Wildman–Crippen MR) is 82.7 cm³/mol. The second kappa shape index (κ2) is 6.10. The summed E-state index contributed by atoms with van der Waals surface area (Å²) in [4.78, 5) is 24.1. The lowest BCUT2D eigenvalue weighted by Gasteiger charge is -2.24. The SMILES string of the molecule is CN(N=C1CCCC(=O)C1=C(O)C1CC1)C(=O)OC(C)(C)C. The van der Waals surface area contributed by atoms with Gasteiger partial charge in [0.2, 0.25) is 0 Å². The number of hydrogen-bond donors (Lipinski definition) is 1. The Morgan fingerprint density at radius 2 is 1.95 bits per heavy atom. The molecule has 2 fully saturated rings. The molecule has 0 radical (unpaired) electrons. The van der Waals surface area contributed by atoms with Crippen molar-refractivity contribution in [2.24, 2.45) is 11.0 Å². The minimum Gasteiger partial charge on any atom is -0.511 e. The highest BCUT2D eigenvalue weighted by atomic mass is 16.6. The van der Waals surface area contributed by atoms with Crippen LogP contribution in [-0.2, 0) is 9.53 Å². The fourth-order valence-corrected chi connectivity index (χ4v) is 2.33. The van der Waals surface area contributed by atoms with E-state index in [4.69, 9.17) is 4.74 Å². The van der Waals surface area contributed by atoms with E-state index in [2.05, 4.69) is 5.10 Å². The lowest BCUT2D eigenvalue weighted by Crippen LogP contribution is -2.33. The van der Waals surface area contributed by atoms with Gasteiger partial charge in [0.05, 0.1) is 11.3 Å². The molecule has 2 aliphatic rings. The summed E-state index contributed by atoms with van der Waals surface area (Å²) >= 11 is 0. The van der Waals surface area contributed by atoms with E-state index in [-0.39, 0.29) is 17.5 Å². The minimum absolute atomic E-state index is 0.0779. The maximum absolute atomic E-state index is 12.1. The zero-order valence-corrected chi connectivity index (χ0v) is 13.7. The molecule has 0 aliphatic heterocycles. The van der Waals surface area contributed by atoms with Crippen LogP contribution in [0.5, 0.6) is 0 Å². The number of aliphatic hydroxyl groups excluding tert-OH is 1. The second-order valence-electron chi connectivity index (χ2n) is 6.86. The van der Waals surface area contributed by atoms with Crippen LogP contribution in [0.3, 0.4) is 0 Å². The predicted octanol–water partition coefficient (Wildman–Crippen LogP) is 3.18. The summed E-state index contributed by atoms with van der Waals surface area (Å²) in [6, 6.07) is 0. The van der Waals surface area contributed by atoms with Crippen LogP contribution >= 0.6 is 0 Å². The van der Waals surface area contributed by atoms with Gasteiger partial charge >= 0.3 is 6.09 Å². The Bertz CT molecular complexity index is 539. The number of ether oxygens (including phenoxy) is 1. The first-order valence-electron chi connectivity index (χ1n) is 7.70. The Balaban J connectivity index is 2.22. The first-order chi connectivity index (χ1) is 10.2. The molecule has 6 nitrogen and oxygen atoms in total. The maximum atomic E-state index is 12.1. The van der Waals surface area contributed by atoms with Gasteiger partial charge in [-0.05, 0) is 46.5 Å². The van der Waals surface area contributed by atoms with Crippen molar-refractivity contribution in [3.63, 3.8) is 0 Å². The van der Waals surface area contributed by atoms with E-state index in [1.165, 1.54) is 7.05 Å². The molecular formula is C16H24N2O4. The van der Waals surface area contributed by atoms with Gasteiger partial charge in [0.15, 0.2) is 5.78 Å². The van der Waals surface area contributed by atoms with Gasteiger partial charge in [0.1, 0.15) is 11.4 Å². The molecule has 1 N–H and O–H groups in total. The quantitative estimate of drug-likeness (QED) is 0.483. The molecule has 0 aromatic heterocycles. The van der Waals surface area contributed by atoms with Gasteiger partial charge in [-0.15, -0.1) is 0 Å². The molecule has 2 saturated carbocycles. The Hall–Kier alpha value is -1.85. The first-order valence-corrected chi connectivity index (χ1v) is 7.70. The fourth-order valence-electron chi connectivity index (χ4n) is 2.33. The number of nitrogens with zero attached hydrogens (tertiary/aromatic N) is 2. The lowest BCUT2D eigenvalue weighted by molar-refractivity contribution is -0.115. The summed E-state index contributed by atoms with van der Waals surface area (Å²) in [5.41, 5.74) is 0.182. The van der Waals surface area contributed by atoms with Crippen LogP contribution in [0.15, 0.2) is 16.4 Å². The van der Waals surface area contributed by atoms with E-state index < -0.39 is 11.7 Å². The van der Waals surface area contributed by atoms with Crippen molar-refractivity contribution in [3.8, 4) is 0 Å². The molecule has 0 atom stereocenters. The summed E-state index contributed by atoms with van der Waals surface area (Å²) in [5.74, 6) is 0.127. The van der Waals surface area contributed by atoms with Crippen LogP contribution in [0.2, 0.25) is 0 Å². The number of allylic oxidation sites excluding steroid dienone is 2. The standard InChI is InChI=1S/C16H24N2O4/c1-16(2,3)22-15(21)18(4)17-11-6-5-7-12(19)13(11)14(20)10-8-9-10/h10,20H,5-9H2,1-4H3. The Morgan fingerprint density at radius 1 is 1.32 bits per heavy atom. The molecule has 0 aromatic carbocycles. The average molecular weight is 308 g/mol. The van der Waals surface area contributed by atoms with E-state index in [1.807, 2.05) is 0 Å². The maximum Gasteiger partial charge on any atom is 0.430 e. The van der Waals surface area contributed by atoms with Gasteiger partial charge < -0.3 is 9.84 Å². The fraction of sp³-hybridized carbons (Fsp3) is 0.688. The molecule has 2 aliphatic carbocycles. The molecule has 22 heavy (non-hydrogen) atoms. The number of hydrazone groups is 1. The number of rotatable bonds is 2. The van der Waals surface area contributed by atoms with E-state index >= 15 is 0 Å². The zero-order valence-electron chi connectivity index (χ0n) is 13.7. The van der Waals surface area contributed by atoms with Crippen molar-refractivity contribution in [1.82, 2.24) is 5.01 Å². The zero-order chi connectivity index (χ0) is 16.5. The average Bonchev–Trinajstić information content (AvgIpc) is 3.20. The number of amides is 1. The lowest BCUT2D eigenvalue weighted by atomic mass is 9.89. The first kappa shape index (κ1) is 16.5. The van der Waals surface area contributed by atoms with Crippen LogP contribution < -0.4 is 0 Å². The van der Waals surface area contributed by atoms with Crippen molar-refractivity contribution in [2.45, 2.75) is 58.5 Å². The number of ketones is 1. The second-order valence-corrected chi connectivity index (χ2v) is 6.86. The molecule has 1 amide bonds. The highest BCUT2D eigenvalue weighted by molar-refractivity contribution is 6.24. The number of carbonyl (C=O) groups excluding carboxylic acids is 2. The monoisotopic (exact) mass is 308 g/mol. The van der Waals surface area contributed by atoms with Gasteiger partial charge in [-0.2, -0.15) is 5.10 Å². The molecule has 2 rings (SSSR count). The van der Waals surface area contributed by atoms with Crippen molar-refractivity contribution < 1.29 is 19.4 Å². The highest BCUT2D eigenvalue weighted by Crippen LogP contribution is 2.38.